The van der Waals surface area contributed by atoms with Crippen LogP contribution < -0.4 is 0 Å². The second-order valence-electron chi connectivity index (χ2n) is 10.9. The van der Waals surface area contributed by atoms with Gasteiger partial charge in [0.15, 0.2) is 0 Å². The van der Waals surface area contributed by atoms with E-state index >= 15 is 0 Å². The zero-order valence-corrected chi connectivity index (χ0v) is 16.5. The molecule has 7 heteroatoms. The Morgan fingerprint density at radius 2 is 1.41 bits per heavy atom. The Kier molecular flexibility index (Phi) is 3.89. The molecule has 4 aliphatic carbocycles. The van der Waals surface area contributed by atoms with Crippen molar-refractivity contribution in [3.63, 3.8) is 0 Å². The van der Waals surface area contributed by atoms with Gasteiger partial charge in [-0.25, -0.2) is 0 Å². The van der Waals surface area contributed by atoms with Crippen LogP contribution in [0.25, 0.3) is 0 Å². The van der Waals surface area contributed by atoms with Crippen molar-refractivity contribution < 1.29 is 35.7 Å². The fourth-order valence-electron chi connectivity index (χ4n) is 7.95. The van der Waals surface area contributed by atoms with E-state index in [2.05, 4.69) is 0 Å². The molecular weight excluding hydrogens is 352 g/mol. The zero-order valence-electron chi connectivity index (χ0n) is 16.5. The van der Waals surface area contributed by atoms with Crippen LogP contribution >= 0.6 is 0 Å². The zero-order chi connectivity index (χ0) is 20.4. The van der Waals surface area contributed by atoms with Crippen molar-refractivity contribution in [2.45, 2.75) is 94.6 Å². The normalized spacial score (nSPS) is 64.8. The quantitative estimate of drug-likeness (QED) is 0.287. The monoisotopic (exact) mass is 386 g/mol. The Labute approximate surface area is 159 Å². The minimum absolute atomic E-state index is 0.00248. The lowest BCUT2D eigenvalue weighted by Crippen LogP contribution is -2.62. The molecule has 0 aromatic carbocycles. The van der Waals surface area contributed by atoms with E-state index in [4.69, 9.17) is 0 Å². The molecule has 7 N–H and O–H groups in total. The van der Waals surface area contributed by atoms with Crippen molar-refractivity contribution in [3.05, 3.63) is 0 Å². The van der Waals surface area contributed by atoms with Crippen LogP contribution in [0.15, 0.2) is 0 Å². The van der Waals surface area contributed by atoms with Gasteiger partial charge in [0.05, 0.1) is 35.6 Å². The summed E-state index contributed by atoms with van der Waals surface area (Å²) in [6, 6.07) is 0. The van der Waals surface area contributed by atoms with Gasteiger partial charge in [-0.15, -0.1) is 0 Å². The summed E-state index contributed by atoms with van der Waals surface area (Å²) in [5, 5.41) is 78.0. The highest BCUT2D eigenvalue weighted by Gasteiger charge is 2.78. The van der Waals surface area contributed by atoms with Crippen LogP contribution in [0.4, 0.5) is 0 Å². The first-order valence-electron chi connectivity index (χ1n) is 10.0. The Bertz CT molecular complexity index is 646. The summed E-state index contributed by atoms with van der Waals surface area (Å²) in [6.45, 7) is 6.38. The molecule has 4 fully saturated rings. The topological polar surface area (TPSA) is 142 Å². The minimum atomic E-state index is -1.94. The molecule has 0 heterocycles. The molecule has 0 aliphatic heterocycles. The van der Waals surface area contributed by atoms with Crippen LogP contribution in [0.1, 0.15) is 53.4 Å². The second-order valence-corrected chi connectivity index (χ2v) is 10.9. The van der Waals surface area contributed by atoms with Crippen molar-refractivity contribution in [2.75, 3.05) is 0 Å². The van der Waals surface area contributed by atoms with Crippen LogP contribution in [0.5, 0.6) is 0 Å². The standard InChI is InChI=1S/C20H34O7/c1-16(2)15(24)12(22)13-18(4,26)10-6-5-9-14(23)19(10,8-17(9,3)25)7-11(21)20(13,16)27/h9-15,21-27H,5-8H2,1-4H3/t9-,10+,11-,12+,13+,14-,15+,17-,18-,19+,20-/m1/s1. The summed E-state index contributed by atoms with van der Waals surface area (Å²) in [5.41, 5.74) is -6.94. The van der Waals surface area contributed by atoms with E-state index in [9.17, 15) is 35.7 Å². The third-order valence-corrected chi connectivity index (χ3v) is 9.24. The fraction of sp³-hybridized carbons (Fsp3) is 1.00. The number of hydrogen-bond acceptors (Lipinski definition) is 7. The molecular formula is C20H34O7. The van der Waals surface area contributed by atoms with Crippen LogP contribution in [0.2, 0.25) is 0 Å². The largest absolute Gasteiger partial charge is 0.392 e. The molecule has 0 radical (unpaired) electrons. The van der Waals surface area contributed by atoms with E-state index in [1.165, 1.54) is 6.92 Å². The van der Waals surface area contributed by atoms with E-state index in [0.29, 0.717) is 12.8 Å². The molecule has 0 aromatic rings. The number of rotatable bonds is 0. The van der Waals surface area contributed by atoms with Gasteiger partial charge in [0, 0.05) is 22.7 Å². The first-order valence-corrected chi connectivity index (χ1v) is 10.0. The van der Waals surface area contributed by atoms with E-state index in [0.717, 1.165) is 0 Å². The molecule has 27 heavy (non-hydrogen) atoms. The summed E-state index contributed by atoms with van der Waals surface area (Å²) < 4.78 is 0. The third-order valence-electron chi connectivity index (χ3n) is 9.24. The van der Waals surface area contributed by atoms with Crippen molar-refractivity contribution in [1.82, 2.24) is 0 Å². The van der Waals surface area contributed by atoms with Gasteiger partial charge >= 0.3 is 0 Å². The average molecular weight is 386 g/mol. The summed E-state index contributed by atoms with van der Waals surface area (Å²) >= 11 is 0. The second kappa shape index (κ2) is 5.25. The molecule has 4 saturated carbocycles. The summed E-state index contributed by atoms with van der Waals surface area (Å²) in [7, 11) is 0. The van der Waals surface area contributed by atoms with E-state index in [1.54, 1.807) is 20.8 Å². The third kappa shape index (κ3) is 2.02. The number of aliphatic hydroxyl groups excluding tert-OH is 4. The smallest absolute Gasteiger partial charge is 0.106 e. The first kappa shape index (κ1) is 20.0. The Balaban J connectivity index is 1.92. The van der Waals surface area contributed by atoms with Crippen LogP contribution in [-0.4, -0.2) is 77.0 Å². The highest BCUT2D eigenvalue weighted by Crippen LogP contribution is 2.69. The Hall–Kier alpha value is -0.280. The predicted molar refractivity (Wildman–Crippen MR) is 95.4 cm³/mol. The molecule has 11 atom stereocenters. The van der Waals surface area contributed by atoms with Gasteiger partial charge in [-0.1, -0.05) is 13.8 Å². The lowest BCUT2D eigenvalue weighted by atomic mass is 9.57. The molecule has 0 unspecified atom stereocenters. The van der Waals surface area contributed by atoms with Crippen molar-refractivity contribution in [1.29, 1.82) is 0 Å². The van der Waals surface area contributed by atoms with E-state index < -0.39 is 63.9 Å². The lowest BCUT2D eigenvalue weighted by molar-refractivity contribution is -0.209. The van der Waals surface area contributed by atoms with Crippen molar-refractivity contribution in [2.24, 2.45) is 28.6 Å². The molecule has 0 saturated heterocycles. The Morgan fingerprint density at radius 3 is 2.00 bits per heavy atom. The average Bonchev–Trinajstić information content (AvgIpc) is 2.71. The van der Waals surface area contributed by atoms with Crippen LogP contribution in [0, 0.1) is 28.6 Å². The molecule has 4 aliphatic rings. The van der Waals surface area contributed by atoms with Gasteiger partial charge in [0.2, 0.25) is 0 Å². The molecule has 7 nitrogen and oxygen atoms in total. The van der Waals surface area contributed by atoms with E-state index in [1.807, 2.05) is 0 Å². The summed E-state index contributed by atoms with van der Waals surface area (Å²) in [5.74, 6) is -2.06. The van der Waals surface area contributed by atoms with Gasteiger partial charge < -0.3 is 35.7 Å². The lowest BCUT2D eigenvalue weighted by Gasteiger charge is -2.51. The molecule has 0 amide bonds. The van der Waals surface area contributed by atoms with E-state index in [-0.39, 0.29) is 18.8 Å². The SMILES string of the molecule is CC1(C)[C@@H](O)[C@@H](O)[C@H]2[C@](C)(O)[C@@H]3CC[C@@H]4[C@@H](O)[C@@]3(C[C@@H](O)[C@@]21O)C[C@@]4(C)O. The van der Waals surface area contributed by atoms with Gasteiger partial charge in [-0.2, -0.15) is 0 Å². The fourth-order valence-corrected chi connectivity index (χ4v) is 7.95. The molecule has 1 spiro atoms. The molecule has 156 valence electrons. The van der Waals surface area contributed by atoms with Crippen molar-refractivity contribution >= 4 is 0 Å². The minimum Gasteiger partial charge on any atom is -0.392 e. The summed E-state index contributed by atoms with van der Waals surface area (Å²) in [6.07, 6.45) is -3.78. The van der Waals surface area contributed by atoms with Gasteiger partial charge in [0.1, 0.15) is 5.60 Å². The number of fused-ring (bicyclic) bond motifs is 2. The number of hydrogen-bond donors (Lipinski definition) is 7. The highest BCUT2D eigenvalue weighted by atomic mass is 16.4. The maximum absolute atomic E-state index is 11.7. The highest BCUT2D eigenvalue weighted by molar-refractivity contribution is 5.27. The van der Waals surface area contributed by atoms with Crippen LogP contribution in [-0.2, 0) is 0 Å². The van der Waals surface area contributed by atoms with Gasteiger partial charge in [-0.05, 0) is 45.4 Å². The predicted octanol–water partition coefficient (Wildman–Crippen LogP) is -0.861. The number of aliphatic hydroxyl groups is 7. The van der Waals surface area contributed by atoms with Crippen molar-refractivity contribution in [3.8, 4) is 0 Å². The molecule has 0 aromatic heterocycles. The molecule has 4 rings (SSSR count). The van der Waals surface area contributed by atoms with Gasteiger partial charge in [0.25, 0.3) is 0 Å². The molecule has 2 bridgehead atoms. The Morgan fingerprint density at radius 1 is 0.815 bits per heavy atom. The van der Waals surface area contributed by atoms with Gasteiger partial charge in [-0.3, -0.25) is 0 Å². The first-order chi connectivity index (χ1) is 12.2. The summed E-state index contributed by atoms with van der Waals surface area (Å²) in [4.78, 5) is 0. The maximum atomic E-state index is 11.7. The van der Waals surface area contributed by atoms with Crippen LogP contribution in [0.3, 0.4) is 0 Å². The maximum Gasteiger partial charge on any atom is 0.106 e.